The molecule has 3 rings (SSSR count). The van der Waals surface area contributed by atoms with Crippen molar-refractivity contribution in [3.05, 3.63) is 84.6 Å². The molecule has 170 valence electrons. The average molecular weight is 468 g/mol. The van der Waals surface area contributed by atoms with E-state index in [0.29, 0.717) is 11.3 Å². The number of anilines is 1. The van der Waals surface area contributed by atoms with Gasteiger partial charge in [-0.3, -0.25) is 9.59 Å². The molecule has 0 spiro atoms. The van der Waals surface area contributed by atoms with Crippen molar-refractivity contribution in [2.45, 2.75) is 4.90 Å². The van der Waals surface area contributed by atoms with Crippen LogP contribution >= 0.6 is 0 Å². The molecule has 33 heavy (non-hydrogen) atoms. The summed E-state index contributed by atoms with van der Waals surface area (Å²) in [6.45, 7) is -0.756. The Labute approximate surface area is 190 Å². The molecular formula is C22H21N5O5S. The number of pyridine rings is 1. The van der Waals surface area contributed by atoms with Crippen LogP contribution in [0.25, 0.3) is 0 Å². The zero-order valence-corrected chi connectivity index (χ0v) is 18.2. The maximum Gasteiger partial charge on any atom is 0.265 e. The maximum absolute atomic E-state index is 13.1. The summed E-state index contributed by atoms with van der Waals surface area (Å²) in [6.07, 6.45) is 2.82. The number of carbonyl (C=O) groups excluding carboxylic acids is 2. The van der Waals surface area contributed by atoms with E-state index >= 15 is 0 Å². The molecule has 0 aliphatic rings. The van der Waals surface area contributed by atoms with Crippen molar-refractivity contribution in [2.75, 3.05) is 17.5 Å². The fourth-order valence-corrected chi connectivity index (χ4v) is 4.06. The number of primary amides is 1. The van der Waals surface area contributed by atoms with Gasteiger partial charge in [0.05, 0.1) is 11.1 Å². The van der Waals surface area contributed by atoms with Crippen LogP contribution in [0.4, 0.5) is 5.82 Å². The van der Waals surface area contributed by atoms with Crippen LogP contribution in [-0.4, -0.2) is 44.6 Å². The molecular weight excluding hydrogens is 446 g/mol. The standard InChI is InChI=1S/C22H21N5O5S/c23-20(28)16-32-18-11-9-17(10-12-18)14-25-26-22(29)15-27(21-8-4-5-13-24-21)33(30,31)19-6-2-1-3-7-19/h1-14H,15-16H2,(H2,23,28)(H,26,29)/b25-14-. The summed E-state index contributed by atoms with van der Waals surface area (Å²) in [5.41, 5.74) is 7.98. The number of benzene rings is 2. The number of nitrogens with one attached hydrogen (secondary N) is 1. The Bertz CT molecular complexity index is 1220. The number of rotatable bonds is 10. The molecule has 0 aliphatic carbocycles. The number of aromatic nitrogens is 1. The summed E-state index contributed by atoms with van der Waals surface area (Å²) in [4.78, 5) is 27.3. The molecule has 0 bridgehead atoms. The van der Waals surface area contributed by atoms with Crippen LogP contribution in [0.3, 0.4) is 0 Å². The van der Waals surface area contributed by atoms with Crippen LogP contribution in [0.2, 0.25) is 0 Å². The van der Waals surface area contributed by atoms with Gasteiger partial charge in [-0.15, -0.1) is 0 Å². The van der Waals surface area contributed by atoms with Crippen molar-refractivity contribution < 1.29 is 22.7 Å². The monoisotopic (exact) mass is 467 g/mol. The van der Waals surface area contributed by atoms with Gasteiger partial charge in [0, 0.05) is 6.20 Å². The number of amides is 2. The topological polar surface area (TPSA) is 144 Å². The predicted octanol–water partition coefficient (Wildman–Crippen LogP) is 1.29. The fraction of sp³-hybridized carbons (Fsp3) is 0.0909. The summed E-state index contributed by atoms with van der Waals surface area (Å²) in [6, 6.07) is 19.1. The molecule has 1 heterocycles. The Kier molecular flexibility index (Phi) is 7.71. The first-order valence-electron chi connectivity index (χ1n) is 9.68. The zero-order chi connectivity index (χ0) is 23.7. The number of hydrogen-bond acceptors (Lipinski definition) is 7. The number of hydrazone groups is 1. The van der Waals surface area contributed by atoms with E-state index in [4.69, 9.17) is 10.5 Å². The van der Waals surface area contributed by atoms with Gasteiger partial charge >= 0.3 is 0 Å². The maximum atomic E-state index is 13.1. The van der Waals surface area contributed by atoms with Gasteiger partial charge in [-0.05, 0) is 54.1 Å². The van der Waals surface area contributed by atoms with Gasteiger partial charge in [0.25, 0.3) is 21.8 Å². The first kappa shape index (κ1) is 23.4. The summed E-state index contributed by atoms with van der Waals surface area (Å²) >= 11 is 0. The normalized spacial score (nSPS) is 11.2. The molecule has 10 nitrogen and oxygen atoms in total. The van der Waals surface area contributed by atoms with Gasteiger partial charge in [-0.2, -0.15) is 5.10 Å². The lowest BCUT2D eigenvalue weighted by atomic mass is 10.2. The SMILES string of the molecule is NC(=O)COc1ccc(/C=N\NC(=O)CN(c2ccccn2)S(=O)(=O)c2ccccc2)cc1. The van der Waals surface area contributed by atoms with Crippen LogP contribution in [0.15, 0.2) is 89.0 Å². The van der Waals surface area contributed by atoms with E-state index in [9.17, 15) is 18.0 Å². The smallest absolute Gasteiger partial charge is 0.265 e. The Morgan fingerprint density at radius 2 is 1.73 bits per heavy atom. The Morgan fingerprint density at radius 3 is 2.36 bits per heavy atom. The summed E-state index contributed by atoms with van der Waals surface area (Å²) < 4.78 is 32.3. The molecule has 0 radical (unpaired) electrons. The molecule has 0 fully saturated rings. The quantitative estimate of drug-likeness (QED) is 0.340. The second kappa shape index (κ2) is 10.9. The van der Waals surface area contributed by atoms with Crippen LogP contribution < -0.4 is 20.2 Å². The summed E-state index contributed by atoms with van der Waals surface area (Å²) in [7, 11) is -4.03. The minimum atomic E-state index is -4.03. The lowest BCUT2D eigenvalue weighted by Crippen LogP contribution is -2.40. The average Bonchev–Trinajstić information content (AvgIpc) is 2.83. The first-order valence-corrected chi connectivity index (χ1v) is 11.1. The molecule has 0 unspecified atom stereocenters. The third-order valence-corrected chi connectivity index (χ3v) is 5.95. The fourth-order valence-electron chi connectivity index (χ4n) is 2.66. The van der Waals surface area contributed by atoms with E-state index < -0.39 is 28.4 Å². The van der Waals surface area contributed by atoms with Gasteiger partial charge in [0.15, 0.2) is 6.61 Å². The lowest BCUT2D eigenvalue weighted by molar-refractivity contribution is -0.120. The molecule has 2 aromatic carbocycles. The second-order valence-electron chi connectivity index (χ2n) is 6.63. The van der Waals surface area contributed by atoms with Crippen LogP contribution in [0, 0.1) is 0 Å². The highest BCUT2D eigenvalue weighted by Crippen LogP contribution is 2.21. The van der Waals surface area contributed by atoms with Gasteiger partial charge in [0.2, 0.25) is 0 Å². The van der Waals surface area contributed by atoms with Crippen molar-refractivity contribution >= 4 is 33.9 Å². The summed E-state index contributed by atoms with van der Waals surface area (Å²) in [5, 5.41) is 3.87. The molecule has 0 atom stereocenters. The molecule has 3 N–H and O–H groups in total. The largest absolute Gasteiger partial charge is 0.484 e. The van der Waals surface area contributed by atoms with Crippen molar-refractivity contribution in [1.82, 2.24) is 10.4 Å². The Hall–Kier alpha value is -4.25. The number of hydrogen-bond donors (Lipinski definition) is 2. The minimum absolute atomic E-state index is 0.0330. The van der Waals surface area contributed by atoms with Crippen molar-refractivity contribution in [1.29, 1.82) is 0 Å². The number of carbonyl (C=O) groups is 2. The Balaban J connectivity index is 1.68. The van der Waals surface area contributed by atoms with Crippen molar-refractivity contribution in [3.63, 3.8) is 0 Å². The zero-order valence-electron chi connectivity index (χ0n) is 17.4. The highest BCUT2D eigenvalue weighted by atomic mass is 32.2. The predicted molar refractivity (Wildman–Crippen MR) is 122 cm³/mol. The van der Waals surface area contributed by atoms with Gasteiger partial charge < -0.3 is 10.5 Å². The molecule has 0 saturated carbocycles. The van der Waals surface area contributed by atoms with E-state index in [1.54, 1.807) is 54.6 Å². The molecule has 0 saturated heterocycles. The van der Waals surface area contributed by atoms with Gasteiger partial charge in [-0.25, -0.2) is 23.1 Å². The molecule has 11 heteroatoms. The first-order chi connectivity index (χ1) is 15.9. The van der Waals surface area contributed by atoms with E-state index in [2.05, 4.69) is 15.5 Å². The van der Waals surface area contributed by atoms with Crippen LogP contribution in [0.1, 0.15) is 5.56 Å². The third kappa shape index (κ3) is 6.61. The number of ether oxygens (including phenoxy) is 1. The van der Waals surface area contributed by atoms with Gasteiger partial charge in [0.1, 0.15) is 18.1 Å². The molecule has 2 amide bonds. The molecule has 0 aliphatic heterocycles. The third-order valence-electron chi connectivity index (χ3n) is 4.19. The van der Waals surface area contributed by atoms with Gasteiger partial charge in [-0.1, -0.05) is 24.3 Å². The summed E-state index contributed by atoms with van der Waals surface area (Å²) in [5.74, 6) is -0.686. The minimum Gasteiger partial charge on any atom is -0.484 e. The van der Waals surface area contributed by atoms with E-state index in [0.717, 1.165) is 4.31 Å². The van der Waals surface area contributed by atoms with Crippen molar-refractivity contribution in [3.8, 4) is 5.75 Å². The highest BCUT2D eigenvalue weighted by Gasteiger charge is 2.27. The number of sulfonamides is 1. The highest BCUT2D eigenvalue weighted by molar-refractivity contribution is 7.92. The van der Waals surface area contributed by atoms with Crippen molar-refractivity contribution in [2.24, 2.45) is 10.8 Å². The van der Waals surface area contributed by atoms with E-state index in [1.165, 1.54) is 30.6 Å². The second-order valence-corrected chi connectivity index (χ2v) is 8.49. The molecule has 3 aromatic rings. The van der Waals surface area contributed by atoms with Crippen LogP contribution in [-0.2, 0) is 19.6 Å². The van der Waals surface area contributed by atoms with E-state index in [1.807, 2.05) is 0 Å². The van der Waals surface area contributed by atoms with Crippen LogP contribution in [0.5, 0.6) is 5.75 Å². The number of nitrogens with two attached hydrogens (primary N) is 1. The lowest BCUT2D eigenvalue weighted by Gasteiger charge is -2.22. The molecule has 1 aromatic heterocycles. The van der Waals surface area contributed by atoms with E-state index in [-0.39, 0.29) is 17.3 Å². The number of nitrogens with zero attached hydrogens (tertiary/aromatic N) is 3. The Morgan fingerprint density at radius 1 is 1.03 bits per heavy atom.